The lowest BCUT2D eigenvalue weighted by Gasteiger charge is -2.37. The number of halogens is 1. The van der Waals surface area contributed by atoms with E-state index < -0.39 is 0 Å². The zero-order chi connectivity index (χ0) is 24.9. The third kappa shape index (κ3) is 6.68. The summed E-state index contributed by atoms with van der Waals surface area (Å²) in [6.45, 7) is 11.3. The average molecular weight is 508 g/mol. The van der Waals surface area contributed by atoms with Gasteiger partial charge in [-0.1, -0.05) is 17.7 Å². The topological polar surface area (TPSA) is 68.7 Å². The summed E-state index contributed by atoms with van der Waals surface area (Å²) in [7, 11) is 0. The highest BCUT2D eigenvalue weighted by molar-refractivity contribution is 7.80. The lowest BCUT2D eigenvalue weighted by molar-refractivity contribution is 0.385. The SMILES string of the molecule is Cc1cc(C)nc(N/C(=N/C(=S)Nc2ccc(C)c(C)c2)N2CCN(c3ccc(Cl)cc3)CC2)n1. The summed E-state index contributed by atoms with van der Waals surface area (Å²) in [5, 5.41) is 7.68. The summed E-state index contributed by atoms with van der Waals surface area (Å²) < 4.78 is 0. The predicted molar refractivity (Wildman–Crippen MR) is 150 cm³/mol. The van der Waals surface area contributed by atoms with E-state index in [0.29, 0.717) is 17.0 Å². The Balaban J connectivity index is 1.53. The van der Waals surface area contributed by atoms with Crippen molar-refractivity contribution in [3.8, 4) is 0 Å². The molecule has 2 aromatic carbocycles. The number of anilines is 3. The van der Waals surface area contributed by atoms with Crippen LogP contribution >= 0.6 is 23.8 Å². The molecule has 0 amide bonds. The van der Waals surface area contributed by atoms with Crippen LogP contribution in [0.1, 0.15) is 22.5 Å². The lowest BCUT2D eigenvalue weighted by atomic mass is 10.1. The molecule has 4 rings (SSSR count). The Morgan fingerprint density at radius 1 is 0.857 bits per heavy atom. The monoisotopic (exact) mass is 507 g/mol. The first-order valence-electron chi connectivity index (χ1n) is 11.6. The van der Waals surface area contributed by atoms with Crippen molar-refractivity contribution >= 4 is 52.2 Å². The Morgan fingerprint density at radius 2 is 1.51 bits per heavy atom. The summed E-state index contributed by atoms with van der Waals surface area (Å²) in [5.74, 6) is 1.14. The van der Waals surface area contributed by atoms with Crippen LogP contribution in [0.25, 0.3) is 0 Å². The minimum Gasteiger partial charge on any atom is -0.368 e. The van der Waals surface area contributed by atoms with E-state index in [-0.39, 0.29) is 0 Å². The first-order chi connectivity index (χ1) is 16.8. The van der Waals surface area contributed by atoms with Gasteiger partial charge in [-0.3, -0.25) is 5.32 Å². The second kappa shape index (κ2) is 11.0. The molecule has 3 aromatic rings. The van der Waals surface area contributed by atoms with E-state index in [1.54, 1.807) is 0 Å². The molecule has 0 spiro atoms. The maximum Gasteiger partial charge on any atom is 0.229 e. The minimum atomic E-state index is 0.375. The number of piperazine rings is 1. The number of rotatable bonds is 3. The predicted octanol–water partition coefficient (Wildman–Crippen LogP) is 5.35. The van der Waals surface area contributed by atoms with Crippen LogP contribution in [0.4, 0.5) is 17.3 Å². The number of guanidine groups is 1. The van der Waals surface area contributed by atoms with E-state index in [1.807, 2.05) is 38.1 Å². The Hall–Kier alpha value is -3.23. The van der Waals surface area contributed by atoms with Gasteiger partial charge in [-0.15, -0.1) is 0 Å². The second-order valence-corrected chi connectivity index (χ2v) is 9.54. The highest BCUT2D eigenvalue weighted by Crippen LogP contribution is 2.20. The van der Waals surface area contributed by atoms with E-state index in [0.717, 1.165) is 54.0 Å². The third-order valence-corrected chi connectivity index (χ3v) is 6.39. The molecule has 0 atom stereocenters. The number of nitrogens with one attached hydrogen (secondary N) is 2. The lowest BCUT2D eigenvalue weighted by Crippen LogP contribution is -2.51. The number of hydrogen-bond acceptors (Lipinski definition) is 4. The fourth-order valence-corrected chi connectivity index (χ4v) is 4.29. The maximum absolute atomic E-state index is 6.06. The molecule has 0 saturated carbocycles. The van der Waals surface area contributed by atoms with E-state index in [9.17, 15) is 0 Å². The summed E-state index contributed by atoms with van der Waals surface area (Å²) in [6, 6.07) is 16.0. The standard InChI is InChI=1S/C26H30ClN7S/c1-17-5-8-22(15-18(17)2)30-26(35)32-25(31-24-28-19(3)16-20(4)29-24)34-13-11-33(12-14-34)23-9-6-21(27)7-10-23/h5-10,15-16H,11-14H2,1-4H3,(H2,28,29,30,31,32,35). The molecule has 0 radical (unpaired) electrons. The van der Waals surface area contributed by atoms with Gasteiger partial charge in [-0.05, 0) is 93.5 Å². The van der Waals surface area contributed by atoms with Crippen molar-refractivity contribution in [3.63, 3.8) is 0 Å². The van der Waals surface area contributed by atoms with Crippen LogP contribution in [0, 0.1) is 27.7 Å². The first kappa shape index (κ1) is 24.9. The van der Waals surface area contributed by atoms with Crippen molar-refractivity contribution in [1.82, 2.24) is 14.9 Å². The molecule has 182 valence electrons. The Kier molecular flexibility index (Phi) is 7.83. The van der Waals surface area contributed by atoms with Crippen LogP contribution in [0.15, 0.2) is 53.5 Å². The number of nitrogens with zero attached hydrogens (tertiary/aromatic N) is 5. The Labute approximate surface area is 217 Å². The normalized spacial score (nSPS) is 14.1. The molecule has 0 aliphatic carbocycles. The number of aryl methyl sites for hydroxylation is 4. The van der Waals surface area contributed by atoms with Crippen LogP contribution in [-0.4, -0.2) is 52.1 Å². The molecule has 1 aromatic heterocycles. The zero-order valence-corrected chi connectivity index (χ0v) is 22.0. The fraction of sp³-hybridized carbons (Fsp3) is 0.308. The summed E-state index contributed by atoms with van der Waals surface area (Å²) in [6.07, 6.45) is 0. The maximum atomic E-state index is 6.06. The molecule has 2 N–H and O–H groups in total. The molecule has 1 fully saturated rings. The van der Waals surface area contributed by atoms with Crippen LogP contribution in [0.2, 0.25) is 5.02 Å². The quantitative estimate of drug-likeness (QED) is 0.281. The molecule has 0 bridgehead atoms. The van der Waals surface area contributed by atoms with Crippen molar-refractivity contribution in [2.45, 2.75) is 27.7 Å². The average Bonchev–Trinajstić information content (AvgIpc) is 2.81. The molecular formula is C26H30ClN7S. The van der Waals surface area contributed by atoms with Crippen molar-refractivity contribution in [3.05, 3.63) is 76.1 Å². The van der Waals surface area contributed by atoms with Gasteiger partial charge < -0.3 is 15.1 Å². The molecular weight excluding hydrogens is 478 g/mol. The van der Waals surface area contributed by atoms with E-state index in [1.165, 1.54) is 11.1 Å². The Bertz CT molecular complexity index is 1210. The van der Waals surface area contributed by atoms with Crippen LogP contribution < -0.4 is 15.5 Å². The number of thiocarbonyl (C=S) groups is 1. The molecule has 1 aliphatic rings. The van der Waals surface area contributed by atoms with Gasteiger partial charge in [0.25, 0.3) is 0 Å². The molecule has 1 aliphatic heterocycles. The molecule has 1 saturated heterocycles. The van der Waals surface area contributed by atoms with E-state index >= 15 is 0 Å². The number of benzene rings is 2. The van der Waals surface area contributed by atoms with Crippen LogP contribution in [0.5, 0.6) is 0 Å². The fourth-order valence-electron chi connectivity index (χ4n) is 3.95. The number of aliphatic imine (C=N–C) groups is 1. The van der Waals surface area contributed by atoms with Crippen molar-refractivity contribution in [2.24, 2.45) is 4.99 Å². The first-order valence-corrected chi connectivity index (χ1v) is 12.4. The van der Waals surface area contributed by atoms with Gasteiger partial charge in [0, 0.05) is 54.0 Å². The highest BCUT2D eigenvalue weighted by Gasteiger charge is 2.21. The van der Waals surface area contributed by atoms with E-state index in [4.69, 9.17) is 28.8 Å². The van der Waals surface area contributed by atoms with Gasteiger partial charge in [-0.25, -0.2) is 9.97 Å². The van der Waals surface area contributed by atoms with Gasteiger partial charge in [0.15, 0.2) is 0 Å². The summed E-state index contributed by atoms with van der Waals surface area (Å²) in [4.78, 5) is 18.3. The molecule has 7 nitrogen and oxygen atoms in total. The van der Waals surface area contributed by atoms with E-state index in [2.05, 4.69) is 68.5 Å². The second-order valence-electron chi connectivity index (χ2n) is 8.71. The van der Waals surface area contributed by atoms with Gasteiger partial charge >= 0.3 is 0 Å². The molecule has 35 heavy (non-hydrogen) atoms. The molecule has 2 heterocycles. The highest BCUT2D eigenvalue weighted by atomic mass is 35.5. The summed E-state index contributed by atoms with van der Waals surface area (Å²) in [5.41, 5.74) is 6.28. The van der Waals surface area contributed by atoms with Crippen LogP contribution in [-0.2, 0) is 0 Å². The number of aromatic nitrogens is 2. The largest absolute Gasteiger partial charge is 0.368 e. The van der Waals surface area contributed by atoms with Gasteiger partial charge in [0.05, 0.1) is 0 Å². The van der Waals surface area contributed by atoms with Crippen molar-refractivity contribution in [1.29, 1.82) is 0 Å². The van der Waals surface area contributed by atoms with Crippen LogP contribution in [0.3, 0.4) is 0 Å². The van der Waals surface area contributed by atoms with Gasteiger partial charge in [0.1, 0.15) is 0 Å². The smallest absolute Gasteiger partial charge is 0.229 e. The zero-order valence-electron chi connectivity index (χ0n) is 20.5. The molecule has 9 heteroatoms. The summed E-state index contributed by atoms with van der Waals surface area (Å²) >= 11 is 11.7. The van der Waals surface area contributed by atoms with Gasteiger partial charge in [0.2, 0.25) is 17.0 Å². The number of hydrogen-bond donors (Lipinski definition) is 2. The Morgan fingerprint density at radius 3 is 2.14 bits per heavy atom. The van der Waals surface area contributed by atoms with Crippen molar-refractivity contribution in [2.75, 3.05) is 41.7 Å². The van der Waals surface area contributed by atoms with Gasteiger partial charge in [-0.2, -0.15) is 4.99 Å². The minimum absolute atomic E-state index is 0.375. The third-order valence-electron chi connectivity index (χ3n) is 5.94. The van der Waals surface area contributed by atoms with Crippen molar-refractivity contribution < 1.29 is 0 Å². The molecule has 0 unspecified atom stereocenters.